The molecule has 0 aliphatic rings. The molecule has 0 amide bonds. The average molecular weight is 238 g/mol. The number of thioether (sulfide) groups is 1. The first-order valence-corrected chi connectivity index (χ1v) is 6.93. The summed E-state index contributed by atoms with van der Waals surface area (Å²) >= 11 is 1.82. The zero-order valence-corrected chi connectivity index (χ0v) is 11.3. The van der Waals surface area contributed by atoms with Crippen LogP contribution < -0.4 is 5.73 Å². The van der Waals surface area contributed by atoms with Crippen LogP contribution >= 0.6 is 11.8 Å². The van der Waals surface area contributed by atoms with E-state index < -0.39 is 0 Å². The normalized spacial score (nSPS) is 13.1. The Morgan fingerprint density at radius 1 is 1.38 bits per heavy atom. The molecule has 1 aromatic heterocycles. The Balaban J connectivity index is 2.47. The van der Waals surface area contributed by atoms with Gasteiger partial charge in [0.15, 0.2) is 0 Å². The van der Waals surface area contributed by atoms with Crippen LogP contribution in [-0.4, -0.2) is 16.8 Å². The van der Waals surface area contributed by atoms with Crippen molar-refractivity contribution in [3.05, 3.63) is 23.9 Å². The van der Waals surface area contributed by atoms with Crippen molar-refractivity contribution in [3.8, 4) is 0 Å². The molecule has 0 radical (unpaired) electrons. The number of rotatable bonds is 6. The fourth-order valence-electron chi connectivity index (χ4n) is 1.32. The van der Waals surface area contributed by atoms with E-state index in [9.17, 15) is 0 Å². The molecule has 0 fully saturated rings. The summed E-state index contributed by atoms with van der Waals surface area (Å²) in [6, 6.07) is 4.51. The van der Waals surface area contributed by atoms with Crippen LogP contribution in [0.3, 0.4) is 0 Å². The van der Waals surface area contributed by atoms with Crippen molar-refractivity contribution < 1.29 is 0 Å². The van der Waals surface area contributed by atoms with E-state index in [0.717, 1.165) is 23.6 Å². The zero-order chi connectivity index (χ0) is 12.0. The Kier molecular flexibility index (Phi) is 5.85. The molecule has 1 heterocycles. The van der Waals surface area contributed by atoms with Crippen LogP contribution in [0.25, 0.3) is 0 Å². The minimum Gasteiger partial charge on any atom is -0.327 e. The topological polar surface area (TPSA) is 38.9 Å². The lowest BCUT2D eigenvalue weighted by Gasteiger charge is -2.09. The summed E-state index contributed by atoms with van der Waals surface area (Å²) in [4.78, 5) is 4.45. The highest BCUT2D eigenvalue weighted by molar-refractivity contribution is 7.99. The van der Waals surface area contributed by atoms with Gasteiger partial charge in [-0.05, 0) is 30.4 Å². The summed E-state index contributed by atoms with van der Waals surface area (Å²) in [5.74, 6) is 1.83. The predicted molar refractivity (Wildman–Crippen MR) is 71.8 cm³/mol. The van der Waals surface area contributed by atoms with Gasteiger partial charge in [-0.15, -0.1) is 11.8 Å². The Morgan fingerprint density at radius 2 is 2.12 bits per heavy atom. The van der Waals surface area contributed by atoms with Crippen LogP contribution in [0.4, 0.5) is 0 Å². The van der Waals surface area contributed by atoms with E-state index in [0.29, 0.717) is 5.92 Å². The lowest BCUT2D eigenvalue weighted by Crippen LogP contribution is -2.21. The van der Waals surface area contributed by atoms with Crippen molar-refractivity contribution in [2.24, 2.45) is 11.7 Å². The summed E-state index contributed by atoms with van der Waals surface area (Å²) in [6.07, 6.45) is 3.90. The summed E-state index contributed by atoms with van der Waals surface area (Å²) in [7, 11) is 0. The maximum Gasteiger partial charge on any atom is 0.0960 e. The molecule has 16 heavy (non-hydrogen) atoms. The summed E-state index contributed by atoms with van der Waals surface area (Å²) in [6.45, 7) is 6.56. The fraction of sp³-hybridized carbons (Fsp3) is 0.615. The fourth-order valence-corrected chi connectivity index (χ4v) is 2.11. The van der Waals surface area contributed by atoms with Crippen LogP contribution in [0.1, 0.15) is 32.8 Å². The van der Waals surface area contributed by atoms with E-state index in [1.807, 2.05) is 18.0 Å². The highest BCUT2D eigenvalue weighted by Gasteiger charge is 2.03. The van der Waals surface area contributed by atoms with Crippen LogP contribution in [0.2, 0.25) is 0 Å². The van der Waals surface area contributed by atoms with Crippen LogP contribution in [0.5, 0.6) is 0 Å². The third-order valence-electron chi connectivity index (χ3n) is 2.38. The number of nitrogens with zero attached hydrogens (tertiary/aromatic N) is 1. The molecule has 0 aliphatic heterocycles. The summed E-state index contributed by atoms with van der Waals surface area (Å²) < 4.78 is 0. The van der Waals surface area contributed by atoms with E-state index in [-0.39, 0.29) is 6.04 Å². The number of nitrogens with two attached hydrogens (primary N) is 1. The van der Waals surface area contributed by atoms with Crippen LogP contribution in [0.15, 0.2) is 23.4 Å². The van der Waals surface area contributed by atoms with Gasteiger partial charge in [0.1, 0.15) is 0 Å². The molecule has 1 rings (SSSR count). The third kappa shape index (κ3) is 4.99. The third-order valence-corrected chi connectivity index (χ3v) is 3.76. The molecular weight excluding hydrogens is 216 g/mol. The van der Waals surface area contributed by atoms with Crippen molar-refractivity contribution in [1.29, 1.82) is 0 Å². The molecule has 0 saturated heterocycles. The molecule has 2 N–H and O–H groups in total. The monoisotopic (exact) mass is 238 g/mol. The van der Waals surface area contributed by atoms with Gasteiger partial charge < -0.3 is 5.73 Å². The van der Waals surface area contributed by atoms with Crippen molar-refractivity contribution in [1.82, 2.24) is 4.98 Å². The Hall–Kier alpha value is -0.540. The molecule has 90 valence electrons. The quantitative estimate of drug-likeness (QED) is 0.774. The van der Waals surface area contributed by atoms with Gasteiger partial charge in [0.2, 0.25) is 0 Å². The highest BCUT2D eigenvalue weighted by Crippen LogP contribution is 2.18. The second-order valence-electron chi connectivity index (χ2n) is 4.58. The first-order chi connectivity index (χ1) is 7.61. The number of aromatic nitrogens is 1. The minimum atomic E-state index is 0.260. The first-order valence-electron chi connectivity index (χ1n) is 5.95. The van der Waals surface area contributed by atoms with Gasteiger partial charge in [0, 0.05) is 18.0 Å². The van der Waals surface area contributed by atoms with E-state index >= 15 is 0 Å². The highest BCUT2D eigenvalue weighted by atomic mass is 32.2. The first kappa shape index (κ1) is 13.5. The van der Waals surface area contributed by atoms with Gasteiger partial charge in [0.05, 0.1) is 5.03 Å². The van der Waals surface area contributed by atoms with Gasteiger partial charge >= 0.3 is 0 Å². The van der Waals surface area contributed by atoms with Gasteiger partial charge in [-0.2, -0.15) is 0 Å². The smallest absolute Gasteiger partial charge is 0.0960 e. The van der Waals surface area contributed by atoms with E-state index in [4.69, 9.17) is 5.73 Å². The van der Waals surface area contributed by atoms with Crippen molar-refractivity contribution in [2.45, 2.75) is 44.7 Å². The maximum absolute atomic E-state index is 5.91. The van der Waals surface area contributed by atoms with Gasteiger partial charge in [-0.1, -0.05) is 26.8 Å². The lowest BCUT2D eigenvalue weighted by atomic mass is 10.1. The number of pyridine rings is 1. The van der Waals surface area contributed by atoms with Crippen molar-refractivity contribution >= 4 is 11.8 Å². The molecule has 3 heteroatoms. The standard InChI is InChI=1S/C13H22N2S/c1-4-12(14)7-11-5-6-13(15-8-11)16-9-10(2)3/h5-6,8,10,12H,4,7,9,14H2,1-3H3. The Morgan fingerprint density at radius 3 is 2.62 bits per heavy atom. The van der Waals surface area contributed by atoms with E-state index in [2.05, 4.69) is 37.9 Å². The number of hydrogen-bond donors (Lipinski definition) is 1. The molecule has 1 aromatic rings. The lowest BCUT2D eigenvalue weighted by molar-refractivity contribution is 0.644. The molecular formula is C13H22N2S. The molecule has 0 bridgehead atoms. The minimum absolute atomic E-state index is 0.260. The molecule has 2 nitrogen and oxygen atoms in total. The Bertz CT molecular complexity index is 295. The molecule has 1 atom stereocenters. The van der Waals surface area contributed by atoms with Gasteiger partial charge in [0.25, 0.3) is 0 Å². The second-order valence-corrected chi connectivity index (χ2v) is 5.62. The molecule has 0 aliphatic carbocycles. The molecule has 0 aromatic carbocycles. The van der Waals surface area contributed by atoms with Gasteiger partial charge in [-0.25, -0.2) is 4.98 Å². The summed E-state index contributed by atoms with van der Waals surface area (Å²) in [5.41, 5.74) is 7.15. The predicted octanol–water partition coefficient (Wildman–Crippen LogP) is 3.11. The molecule has 0 spiro atoms. The van der Waals surface area contributed by atoms with E-state index in [1.54, 1.807) is 0 Å². The largest absolute Gasteiger partial charge is 0.327 e. The SMILES string of the molecule is CCC(N)Cc1ccc(SCC(C)C)nc1. The maximum atomic E-state index is 5.91. The van der Waals surface area contributed by atoms with Crippen LogP contribution in [0, 0.1) is 5.92 Å². The molecule has 0 saturated carbocycles. The molecule has 1 unspecified atom stereocenters. The van der Waals surface area contributed by atoms with E-state index in [1.165, 1.54) is 5.56 Å². The zero-order valence-electron chi connectivity index (χ0n) is 10.4. The average Bonchev–Trinajstić information content (AvgIpc) is 2.28. The summed E-state index contributed by atoms with van der Waals surface area (Å²) in [5, 5.41) is 1.11. The van der Waals surface area contributed by atoms with Crippen molar-refractivity contribution in [2.75, 3.05) is 5.75 Å². The second kappa shape index (κ2) is 6.92. The Labute approximate surface area is 103 Å². The van der Waals surface area contributed by atoms with Crippen molar-refractivity contribution in [3.63, 3.8) is 0 Å². The van der Waals surface area contributed by atoms with Gasteiger partial charge in [-0.3, -0.25) is 0 Å². The van der Waals surface area contributed by atoms with Crippen LogP contribution in [-0.2, 0) is 6.42 Å². The number of hydrogen-bond acceptors (Lipinski definition) is 3.